The minimum absolute atomic E-state index is 0.147. The maximum absolute atomic E-state index is 12.1. The van der Waals surface area contributed by atoms with Gasteiger partial charge < -0.3 is 21.5 Å². The summed E-state index contributed by atoms with van der Waals surface area (Å²) in [5.74, 6) is -0.570. The van der Waals surface area contributed by atoms with Crippen LogP contribution in [0.3, 0.4) is 0 Å². The normalized spacial score (nSPS) is 17.4. The van der Waals surface area contributed by atoms with Crippen LogP contribution in [-0.2, 0) is 9.53 Å². The lowest BCUT2D eigenvalue weighted by Gasteiger charge is -2.26. The largest absolute Gasteiger partial charge is 0.381 e. The first-order valence-corrected chi connectivity index (χ1v) is 6.62. The molecule has 1 aliphatic heterocycles. The van der Waals surface area contributed by atoms with Crippen LogP contribution in [0.5, 0.6) is 0 Å². The summed E-state index contributed by atoms with van der Waals surface area (Å²) in [4.78, 5) is 23.0. The third-order valence-corrected chi connectivity index (χ3v) is 3.51. The molecule has 2 amide bonds. The second-order valence-corrected chi connectivity index (χ2v) is 4.91. The van der Waals surface area contributed by atoms with Crippen molar-refractivity contribution < 1.29 is 14.3 Å². The molecule has 1 fully saturated rings. The van der Waals surface area contributed by atoms with Crippen molar-refractivity contribution in [3.63, 3.8) is 0 Å². The fraction of sp³-hybridized carbons (Fsp3) is 0.429. The fourth-order valence-electron chi connectivity index (χ4n) is 2.23. The molecular formula is C14H19N3O3. The molecule has 1 saturated heterocycles. The number of nitrogens with one attached hydrogen (secondary N) is 1. The summed E-state index contributed by atoms with van der Waals surface area (Å²) >= 11 is 0. The maximum Gasteiger partial charge on any atom is 0.248 e. The summed E-state index contributed by atoms with van der Waals surface area (Å²) in [6, 6.07) is 5.86. The molecule has 20 heavy (non-hydrogen) atoms. The Balaban J connectivity index is 1.94. The van der Waals surface area contributed by atoms with Gasteiger partial charge in [-0.25, -0.2) is 0 Å². The number of carbonyl (C=O) groups is 2. The summed E-state index contributed by atoms with van der Waals surface area (Å²) in [6.45, 7) is 1.30. The zero-order valence-electron chi connectivity index (χ0n) is 11.2. The molecular weight excluding hydrogens is 258 g/mol. The van der Waals surface area contributed by atoms with Crippen molar-refractivity contribution in [1.29, 1.82) is 0 Å². The van der Waals surface area contributed by atoms with Crippen molar-refractivity contribution in [2.45, 2.75) is 18.9 Å². The van der Waals surface area contributed by atoms with E-state index >= 15 is 0 Å². The van der Waals surface area contributed by atoms with E-state index < -0.39 is 11.9 Å². The van der Waals surface area contributed by atoms with Gasteiger partial charge in [0.1, 0.15) is 0 Å². The van der Waals surface area contributed by atoms with E-state index in [0.717, 1.165) is 12.8 Å². The van der Waals surface area contributed by atoms with Gasteiger partial charge in [-0.05, 0) is 43.0 Å². The monoisotopic (exact) mass is 277 g/mol. The van der Waals surface area contributed by atoms with Gasteiger partial charge in [0.15, 0.2) is 0 Å². The Kier molecular flexibility index (Phi) is 4.70. The van der Waals surface area contributed by atoms with E-state index in [-0.39, 0.29) is 11.8 Å². The smallest absolute Gasteiger partial charge is 0.248 e. The molecule has 6 heteroatoms. The van der Waals surface area contributed by atoms with Gasteiger partial charge in [-0.15, -0.1) is 0 Å². The average molecular weight is 277 g/mol. The highest BCUT2D eigenvalue weighted by Gasteiger charge is 2.26. The summed E-state index contributed by atoms with van der Waals surface area (Å²) in [5.41, 5.74) is 12.1. The lowest BCUT2D eigenvalue weighted by molar-refractivity contribution is -0.119. The van der Waals surface area contributed by atoms with E-state index in [1.165, 1.54) is 0 Å². The van der Waals surface area contributed by atoms with Crippen molar-refractivity contribution in [1.82, 2.24) is 0 Å². The Morgan fingerprint density at radius 2 is 1.80 bits per heavy atom. The summed E-state index contributed by atoms with van der Waals surface area (Å²) in [5, 5.41) is 2.75. The molecule has 1 heterocycles. The minimum atomic E-state index is -0.547. The second-order valence-electron chi connectivity index (χ2n) is 4.91. The SMILES string of the molecule is NC(=O)c1ccc(NC(=O)C(N)C2CCOCC2)cc1. The lowest BCUT2D eigenvalue weighted by Crippen LogP contribution is -2.44. The van der Waals surface area contributed by atoms with Crippen molar-refractivity contribution in [3.8, 4) is 0 Å². The van der Waals surface area contributed by atoms with Gasteiger partial charge in [-0.1, -0.05) is 0 Å². The molecule has 0 saturated carbocycles. The molecule has 0 aliphatic carbocycles. The number of benzene rings is 1. The first-order valence-electron chi connectivity index (χ1n) is 6.62. The van der Waals surface area contributed by atoms with Crippen LogP contribution in [0.1, 0.15) is 23.2 Å². The number of primary amides is 1. The van der Waals surface area contributed by atoms with E-state index in [4.69, 9.17) is 16.2 Å². The number of hydrogen-bond acceptors (Lipinski definition) is 4. The van der Waals surface area contributed by atoms with Crippen LogP contribution in [0.2, 0.25) is 0 Å². The Labute approximate surface area is 117 Å². The number of rotatable bonds is 4. The summed E-state index contributed by atoms with van der Waals surface area (Å²) in [7, 11) is 0. The highest BCUT2D eigenvalue weighted by atomic mass is 16.5. The highest BCUT2D eigenvalue weighted by Crippen LogP contribution is 2.19. The van der Waals surface area contributed by atoms with Crippen molar-refractivity contribution >= 4 is 17.5 Å². The van der Waals surface area contributed by atoms with Crippen LogP contribution < -0.4 is 16.8 Å². The first kappa shape index (κ1) is 14.5. The number of hydrogen-bond donors (Lipinski definition) is 3. The van der Waals surface area contributed by atoms with Gasteiger partial charge in [0.2, 0.25) is 11.8 Å². The van der Waals surface area contributed by atoms with Gasteiger partial charge in [0, 0.05) is 24.5 Å². The molecule has 6 nitrogen and oxygen atoms in total. The van der Waals surface area contributed by atoms with Gasteiger partial charge in [-0.2, -0.15) is 0 Å². The zero-order chi connectivity index (χ0) is 14.5. The van der Waals surface area contributed by atoms with Crippen LogP contribution in [0.15, 0.2) is 24.3 Å². The molecule has 0 bridgehead atoms. The number of anilines is 1. The van der Waals surface area contributed by atoms with Gasteiger partial charge in [0.25, 0.3) is 0 Å². The minimum Gasteiger partial charge on any atom is -0.381 e. The van der Waals surface area contributed by atoms with Crippen LogP contribution in [0.4, 0.5) is 5.69 Å². The van der Waals surface area contributed by atoms with Crippen LogP contribution in [0.25, 0.3) is 0 Å². The zero-order valence-corrected chi connectivity index (χ0v) is 11.2. The predicted molar refractivity (Wildman–Crippen MR) is 75.1 cm³/mol. The van der Waals surface area contributed by atoms with Crippen molar-refractivity contribution in [2.75, 3.05) is 18.5 Å². The molecule has 0 radical (unpaired) electrons. The maximum atomic E-state index is 12.1. The van der Waals surface area contributed by atoms with Gasteiger partial charge in [-0.3, -0.25) is 9.59 Å². The molecule has 1 aliphatic rings. The van der Waals surface area contributed by atoms with E-state index in [9.17, 15) is 9.59 Å². The summed E-state index contributed by atoms with van der Waals surface area (Å²) in [6.07, 6.45) is 1.60. The molecule has 1 aromatic carbocycles. The number of ether oxygens (including phenoxy) is 1. The molecule has 1 aromatic rings. The number of amides is 2. The van der Waals surface area contributed by atoms with Crippen LogP contribution in [0, 0.1) is 5.92 Å². The van der Waals surface area contributed by atoms with Gasteiger partial charge >= 0.3 is 0 Å². The Morgan fingerprint density at radius 1 is 1.20 bits per heavy atom. The number of carbonyl (C=O) groups excluding carboxylic acids is 2. The van der Waals surface area contributed by atoms with Gasteiger partial charge in [0.05, 0.1) is 6.04 Å². The van der Waals surface area contributed by atoms with E-state index in [0.29, 0.717) is 24.5 Å². The Hall–Kier alpha value is -1.92. The molecule has 0 spiro atoms. The van der Waals surface area contributed by atoms with Crippen LogP contribution >= 0.6 is 0 Å². The van der Waals surface area contributed by atoms with E-state index in [1.807, 2.05) is 0 Å². The third kappa shape index (κ3) is 3.55. The third-order valence-electron chi connectivity index (χ3n) is 3.51. The second kappa shape index (κ2) is 6.49. The number of nitrogens with two attached hydrogens (primary N) is 2. The molecule has 2 rings (SSSR count). The quantitative estimate of drug-likeness (QED) is 0.743. The molecule has 5 N–H and O–H groups in total. The lowest BCUT2D eigenvalue weighted by atomic mass is 9.92. The van der Waals surface area contributed by atoms with E-state index in [2.05, 4.69) is 5.32 Å². The average Bonchev–Trinajstić information content (AvgIpc) is 2.48. The molecule has 108 valence electrons. The first-order chi connectivity index (χ1) is 9.58. The molecule has 1 atom stereocenters. The van der Waals surface area contributed by atoms with Crippen molar-refractivity contribution in [2.24, 2.45) is 17.4 Å². The summed E-state index contributed by atoms with van der Waals surface area (Å²) < 4.78 is 5.25. The fourth-order valence-corrected chi connectivity index (χ4v) is 2.23. The standard InChI is InChI=1S/C14H19N3O3/c15-12(9-5-7-20-8-6-9)14(19)17-11-3-1-10(2-4-11)13(16)18/h1-4,9,12H,5-8,15H2,(H2,16,18)(H,17,19). The highest BCUT2D eigenvalue weighted by molar-refractivity contribution is 5.96. The topological polar surface area (TPSA) is 107 Å². The molecule has 1 unspecified atom stereocenters. The predicted octanol–water partition coefficient (Wildman–Crippen LogP) is 0.478. The molecule has 0 aromatic heterocycles. The Bertz CT molecular complexity index is 481. The Morgan fingerprint density at radius 3 is 2.35 bits per heavy atom. The van der Waals surface area contributed by atoms with Crippen molar-refractivity contribution in [3.05, 3.63) is 29.8 Å². The van der Waals surface area contributed by atoms with Crippen LogP contribution in [-0.4, -0.2) is 31.1 Å². The van der Waals surface area contributed by atoms with E-state index in [1.54, 1.807) is 24.3 Å².